The van der Waals surface area contributed by atoms with Gasteiger partial charge in [0.25, 0.3) is 0 Å². The highest BCUT2D eigenvalue weighted by molar-refractivity contribution is 9.10. The van der Waals surface area contributed by atoms with E-state index in [1.807, 2.05) is 12.1 Å². The van der Waals surface area contributed by atoms with E-state index in [-0.39, 0.29) is 12.2 Å². The van der Waals surface area contributed by atoms with Crippen LogP contribution >= 0.6 is 15.9 Å². The average Bonchev–Trinajstić information content (AvgIpc) is 2.73. The van der Waals surface area contributed by atoms with E-state index in [1.54, 1.807) is 0 Å². The molecule has 1 N–H and O–H groups in total. The summed E-state index contributed by atoms with van der Waals surface area (Å²) in [7, 11) is 0. The molecule has 0 spiro atoms. The van der Waals surface area contributed by atoms with Gasteiger partial charge >= 0.3 is 6.09 Å². The fourth-order valence-corrected chi connectivity index (χ4v) is 2.19. The lowest BCUT2D eigenvalue weighted by atomic mass is 10.0. The van der Waals surface area contributed by atoms with Gasteiger partial charge in [-0.05, 0) is 29.7 Å². The molecule has 98 valence electrons. The summed E-state index contributed by atoms with van der Waals surface area (Å²) in [6.45, 7) is 5.12. The minimum absolute atomic E-state index is 0.207. The molecule has 1 aromatic carbocycles. The summed E-state index contributed by atoms with van der Waals surface area (Å²) in [5, 5.41) is 2.60. The molecule has 18 heavy (non-hydrogen) atoms. The molecule has 2 rings (SSSR count). The SMILES string of the molecule is CC(C)c1cc(Br)ccc1OCC1CNC(=O)O1. The van der Waals surface area contributed by atoms with Crippen LogP contribution in [0.25, 0.3) is 0 Å². The van der Waals surface area contributed by atoms with E-state index < -0.39 is 0 Å². The highest BCUT2D eigenvalue weighted by atomic mass is 79.9. The molecule has 1 aliphatic rings. The van der Waals surface area contributed by atoms with E-state index in [4.69, 9.17) is 9.47 Å². The molecule has 1 aromatic rings. The van der Waals surface area contributed by atoms with Crippen LogP contribution in [0.15, 0.2) is 22.7 Å². The monoisotopic (exact) mass is 313 g/mol. The van der Waals surface area contributed by atoms with E-state index in [9.17, 15) is 4.79 Å². The first-order valence-corrected chi connectivity index (χ1v) is 6.72. The number of amides is 1. The van der Waals surface area contributed by atoms with E-state index in [2.05, 4.69) is 41.2 Å². The van der Waals surface area contributed by atoms with Gasteiger partial charge in [0, 0.05) is 4.47 Å². The van der Waals surface area contributed by atoms with Crippen LogP contribution < -0.4 is 10.1 Å². The fourth-order valence-electron chi connectivity index (χ4n) is 1.81. The number of carbonyl (C=O) groups excluding carboxylic acids is 1. The molecule has 1 unspecified atom stereocenters. The van der Waals surface area contributed by atoms with Gasteiger partial charge < -0.3 is 14.8 Å². The van der Waals surface area contributed by atoms with Gasteiger partial charge in [0.2, 0.25) is 0 Å². The van der Waals surface area contributed by atoms with Gasteiger partial charge in [-0.2, -0.15) is 0 Å². The number of benzene rings is 1. The summed E-state index contributed by atoms with van der Waals surface area (Å²) >= 11 is 3.45. The van der Waals surface area contributed by atoms with Crippen LogP contribution in [-0.2, 0) is 4.74 Å². The van der Waals surface area contributed by atoms with Crippen LogP contribution in [0.3, 0.4) is 0 Å². The molecule has 4 nitrogen and oxygen atoms in total. The first kappa shape index (κ1) is 13.2. The predicted octanol–water partition coefficient (Wildman–Crippen LogP) is 3.06. The maximum Gasteiger partial charge on any atom is 0.407 e. The molecule has 1 atom stereocenters. The third kappa shape index (κ3) is 3.16. The quantitative estimate of drug-likeness (QED) is 0.929. The van der Waals surface area contributed by atoms with Gasteiger partial charge in [-0.15, -0.1) is 0 Å². The first-order chi connectivity index (χ1) is 8.56. The van der Waals surface area contributed by atoms with Crippen molar-refractivity contribution in [2.75, 3.05) is 13.2 Å². The number of rotatable bonds is 4. The molecule has 0 aromatic heterocycles. The Morgan fingerprint density at radius 3 is 2.94 bits per heavy atom. The topological polar surface area (TPSA) is 47.6 Å². The number of halogens is 1. The third-order valence-corrected chi connectivity index (χ3v) is 3.26. The average molecular weight is 314 g/mol. The maximum absolute atomic E-state index is 10.9. The molecule has 0 saturated carbocycles. The molecule has 0 radical (unpaired) electrons. The number of alkyl carbamates (subject to hydrolysis) is 1. The van der Waals surface area contributed by atoms with E-state index in [0.717, 1.165) is 15.8 Å². The summed E-state index contributed by atoms with van der Waals surface area (Å²) in [6, 6.07) is 5.93. The standard InChI is InChI=1S/C13H16BrNO3/c1-8(2)11-5-9(14)3-4-12(11)17-7-10-6-15-13(16)18-10/h3-5,8,10H,6-7H2,1-2H3,(H,15,16). The van der Waals surface area contributed by atoms with Crippen molar-refractivity contribution < 1.29 is 14.3 Å². The molecule has 1 aliphatic heterocycles. The first-order valence-electron chi connectivity index (χ1n) is 5.93. The van der Waals surface area contributed by atoms with Gasteiger partial charge in [-0.3, -0.25) is 0 Å². The van der Waals surface area contributed by atoms with Crippen LogP contribution in [0.1, 0.15) is 25.3 Å². The molecule has 1 amide bonds. The fraction of sp³-hybridized carbons (Fsp3) is 0.462. The van der Waals surface area contributed by atoms with Crippen molar-refractivity contribution >= 4 is 22.0 Å². The van der Waals surface area contributed by atoms with Crippen molar-refractivity contribution in [2.24, 2.45) is 0 Å². The van der Waals surface area contributed by atoms with Crippen molar-refractivity contribution in [1.82, 2.24) is 5.32 Å². The lowest BCUT2D eigenvalue weighted by molar-refractivity contribution is 0.104. The van der Waals surface area contributed by atoms with E-state index in [0.29, 0.717) is 19.1 Å². The van der Waals surface area contributed by atoms with E-state index >= 15 is 0 Å². The van der Waals surface area contributed by atoms with Crippen LogP contribution in [-0.4, -0.2) is 25.3 Å². The predicted molar refractivity (Wildman–Crippen MR) is 72.0 cm³/mol. The highest BCUT2D eigenvalue weighted by Gasteiger charge is 2.23. The van der Waals surface area contributed by atoms with Crippen molar-refractivity contribution in [3.63, 3.8) is 0 Å². The number of hydrogen-bond acceptors (Lipinski definition) is 3. The molecule has 1 heterocycles. The Morgan fingerprint density at radius 2 is 2.33 bits per heavy atom. The number of nitrogens with one attached hydrogen (secondary N) is 1. The van der Waals surface area contributed by atoms with Gasteiger partial charge in [-0.25, -0.2) is 4.79 Å². The molecule has 0 bridgehead atoms. The van der Waals surface area contributed by atoms with Crippen molar-refractivity contribution in [1.29, 1.82) is 0 Å². The Bertz CT molecular complexity index is 448. The molecule has 0 aliphatic carbocycles. The lowest BCUT2D eigenvalue weighted by Crippen LogP contribution is -2.22. The summed E-state index contributed by atoms with van der Waals surface area (Å²) in [4.78, 5) is 10.9. The zero-order valence-electron chi connectivity index (χ0n) is 10.4. The summed E-state index contributed by atoms with van der Waals surface area (Å²) < 4.78 is 11.8. The second-order valence-corrected chi connectivity index (χ2v) is 5.47. The van der Waals surface area contributed by atoms with Crippen LogP contribution in [0.4, 0.5) is 4.79 Å². The number of carbonyl (C=O) groups is 1. The molecule has 5 heteroatoms. The molecule has 1 saturated heterocycles. The summed E-state index contributed by atoms with van der Waals surface area (Å²) in [5.74, 6) is 1.22. The van der Waals surface area contributed by atoms with Crippen molar-refractivity contribution in [3.8, 4) is 5.75 Å². The van der Waals surface area contributed by atoms with Crippen LogP contribution in [0.2, 0.25) is 0 Å². The molecule has 1 fully saturated rings. The van der Waals surface area contributed by atoms with Gasteiger partial charge in [0.1, 0.15) is 12.4 Å². The summed E-state index contributed by atoms with van der Waals surface area (Å²) in [6.07, 6.45) is -0.579. The van der Waals surface area contributed by atoms with E-state index in [1.165, 1.54) is 0 Å². The number of cyclic esters (lactones) is 1. The Hall–Kier alpha value is -1.23. The Balaban J connectivity index is 2.02. The van der Waals surface area contributed by atoms with Crippen molar-refractivity contribution in [3.05, 3.63) is 28.2 Å². The van der Waals surface area contributed by atoms with Crippen molar-refractivity contribution in [2.45, 2.75) is 25.9 Å². The van der Waals surface area contributed by atoms with Crippen LogP contribution in [0.5, 0.6) is 5.75 Å². The van der Waals surface area contributed by atoms with Crippen LogP contribution in [0, 0.1) is 0 Å². The Labute approximate surface area is 115 Å². The van der Waals surface area contributed by atoms with Gasteiger partial charge in [-0.1, -0.05) is 29.8 Å². The maximum atomic E-state index is 10.9. The second kappa shape index (κ2) is 5.61. The molecular formula is C13H16BrNO3. The third-order valence-electron chi connectivity index (χ3n) is 2.77. The highest BCUT2D eigenvalue weighted by Crippen LogP contribution is 2.29. The zero-order valence-corrected chi connectivity index (χ0v) is 12.0. The van der Waals surface area contributed by atoms with Gasteiger partial charge in [0.15, 0.2) is 6.10 Å². The largest absolute Gasteiger partial charge is 0.489 e. The minimum atomic E-state index is -0.372. The van der Waals surface area contributed by atoms with Gasteiger partial charge in [0.05, 0.1) is 6.54 Å². The number of ether oxygens (including phenoxy) is 2. The normalized spacial score (nSPS) is 18.7. The minimum Gasteiger partial charge on any atom is -0.489 e. The smallest absolute Gasteiger partial charge is 0.407 e. The molecular weight excluding hydrogens is 298 g/mol. The zero-order chi connectivity index (χ0) is 13.1. The number of hydrogen-bond donors (Lipinski definition) is 1. The second-order valence-electron chi connectivity index (χ2n) is 4.56. The summed E-state index contributed by atoms with van der Waals surface area (Å²) in [5.41, 5.74) is 1.14. The Morgan fingerprint density at radius 1 is 1.56 bits per heavy atom. The Kier molecular flexibility index (Phi) is 4.11. The lowest BCUT2D eigenvalue weighted by Gasteiger charge is -2.16.